The van der Waals surface area contributed by atoms with Crippen LogP contribution in [-0.2, 0) is 4.74 Å². The van der Waals surface area contributed by atoms with Crippen LogP contribution in [0.5, 0.6) is 0 Å². The molecule has 2 aromatic rings. The van der Waals surface area contributed by atoms with Crippen molar-refractivity contribution in [1.29, 1.82) is 0 Å². The molecule has 0 saturated heterocycles. The van der Waals surface area contributed by atoms with Crippen molar-refractivity contribution in [3.63, 3.8) is 0 Å². The van der Waals surface area contributed by atoms with E-state index in [9.17, 15) is 9.59 Å². The maximum atomic E-state index is 12.7. The summed E-state index contributed by atoms with van der Waals surface area (Å²) in [6.07, 6.45) is -0.483. The van der Waals surface area contributed by atoms with Gasteiger partial charge in [0.25, 0.3) is 0 Å². The highest BCUT2D eigenvalue weighted by molar-refractivity contribution is 6.16. The topological polar surface area (TPSA) is 59.0 Å². The number of Topliss-reactive ketones (excluding diaryl/α,β-unsaturated/α-hetero) is 1. The number of amides is 1. The highest BCUT2D eigenvalue weighted by atomic mass is 16.6. The number of nitrogens with zero attached hydrogens (tertiary/aromatic N) is 2. The molecule has 5 nitrogen and oxygen atoms in total. The van der Waals surface area contributed by atoms with E-state index in [0.717, 1.165) is 16.1 Å². The summed E-state index contributed by atoms with van der Waals surface area (Å²) in [6, 6.07) is 16.7. The molecule has 0 aromatic heterocycles. The number of hydrazone groups is 1. The van der Waals surface area contributed by atoms with Crippen LogP contribution >= 0.6 is 0 Å². The van der Waals surface area contributed by atoms with Gasteiger partial charge in [0, 0.05) is 18.2 Å². The normalized spacial score (nSPS) is 11.8. The number of hydrogen-bond acceptors (Lipinski definition) is 4. The van der Waals surface area contributed by atoms with Gasteiger partial charge in [0.2, 0.25) is 0 Å². The molecule has 0 saturated carbocycles. The number of carbonyl (C=O) groups is 2. The van der Waals surface area contributed by atoms with Crippen LogP contribution in [0.2, 0.25) is 0 Å². The van der Waals surface area contributed by atoms with E-state index in [1.54, 1.807) is 32.9 Å². The first-order valence-corrected chi connectivity index (χ1v) is 8.86. The molecule has 0 atom stereocenters. The van der Waals surface area contributed by atoms with Crippen molar-refractivity contribution < 1.29 is 14.3 Å². The third kappa shape index (κ3) is 6.06. The Kier molecular flexibility index (Phi) is 6.50. The molecule has 0 radical (unpaired) electrons. The van der Waals surface area contributed by atoms with Crippen molar-refractivity contribution in [2.75, 3.05) is 7.05 Å². The predicted molar refractivity (Wildman–Crippen MR) is 107 cm³/mol. The Bertz CT molecular complexity index is 836. The van der Waals surface area contributed by atoms with Crippen LogP contribution in [0.4, 0.5) is 4.79 Å². The third-order valence-electron chi connectivity index (χ3n) is 3.81. The highest BCUT2D eigenvalue weighted by Crippen LogP contribution is 2.16. The fraction of sp³-hybridized carbons (Fsp3) is 0.318. The first-order valence-electron chi connectivity index (χ1n) is 8.86. The van der Waals surface area contributed by atoms with Gasteiger partial charge in [-0.3, -0.25) is 4.79 Å². The first kappa shape index (κ1) is 20.4. The smallest absolute Gasteiger partial charge is 0.430 e. The lowest BCUT2D eigenvalue weighted by Crippen LogP contribution is -2.32. The van der Waals surface area contributed by atoms with Crippen LogP contribution < -0.4 is 0 Å². The van der Waals surface area contributed by atoms with Crippen molar-refractivity contribution in [1.82, 2.24) is 5.01 Å². The third-order valence-corrected chi connectivity index (χ3v) is 3.81. The minimum Gasteiger partial charge on any atom is -0.442 e. The van der Waals surface area contributed by atoms with Gasteiger partial charge in [-0.2, -0.15) is 5.10 Å². The lowest BCUT2D eigenvalue weighted by Gasteiger charge is -2.23. The maximum absolute atomic E-state index is 12.7. The average molecular weight is 366 g/mol. The fourth-order valence-electron chi connectivity index (χ4n) is 2.51. The molecule has 0 heterocycles. The SMILES string of the molecule is Cc1ccccc1/C(CC(=O)c1ccccc1)=N\N(C)C(=O)OC(C)(C)C. The molecule has 27 heavy (non-hydrogen) atoms. The standard InChI is InChI=1S/C22H26N2O3/c1-16-11-9-10-14-18(16)19(15-20(25)17-12-7-6-8-13-17)23-24(5)21(26)27-22(2,3)4/h6-14H,15H2,1-5H3/b23-19-. The molecule has 0 N–H and O–H groups in total. The Morgan fingerprint density at radius 1 is 1.00 bits per heavy atom. The van der Waals surface area contributed by atoms with Crippen molar-refractivity contribution in [3.05, 3.63) is 71.3 Å². The predicted octanol–water partition coefficient (Wildman–Crippen LogP) is 4.84. The number of aryl methyl sites for hydroxylation is 1. The van der Waals surface area contributed by atoms with E-state index in [4.69, 9.17) is 4.74 Å². The minimum atomic E-state index is -0.621. The molecule has 0 aliphatic carbocycles. The summed E-state index contributed by atoms with van der Waals surface area (Å²) >= 11 is 0. The second-order valence-electron chi connectivity index (χ2n) is 7.33. The number of benzene rings is 2. The van der Waals surface area contributed by atoms with Gasteiger partial charge < -0.3 is 4.74 Å². The Hall–Kier alpha value is -2.95. The van der Waals surface area contributed by atoms with E-state index < -0.39 is 11.7 Å². The van der Waals surface area contributed by atoms with Crippen LogP contribution in [0, 0.1) is 6.92 Å². The Morgan fingerprint density at radius 2 is 1.59 bits per heavy atom. The summed E-state index contributed by atoms with van der Waals surface area (Å²) in [5, 5.41) is 5.56. The Balaban J connectivity index is 2.34. The minimum absolute atomic E-state index is 0.0600. The molecule has 0 aliphatic rings. The van der Waals surface area contributed by atoms with Crippen LogP contribution in [0.15, 0.2) is 59.7 Å². The second kappa shape index (κ2) is 8.62. The van der Waals surface area contributed by atoms with E-state index in [1.807, 2.05) is 49.4 Å². The van der Waals surface area contributed by atoms with Crippen LogP contribution in [0.25, 0.3) is 0 Å². The van der Waals surface area contributed by atoms with Crippen LogP contribution in [0.3, 0.4) is 0 Å². The Labute approximate surface area is 160 Å². The number of ether oxygens (including phenoxy) is 1. The monoisotopic (exact) mass is 366 g/mol. The van der Waals surface area contributed by atoms with E-state index in [-0.39, 0.29) is 12.2 Å². The summed E-state index contributed by atoms with van der Waals surface area (Å²) in [7, 11) is 1.53. The highest BCUT2D eigenvalue weighted by Gasteiger charge is 2.21. The first-order chi connectivity index (χ1) is 12.7. The van der Waals surface area contributed by atoms with E-state index in [0.29, 0.717) is 11.3 Å². The molecule has 5 heteroatoms. The number of rotatable bonds is 5. The second-order valence-corrected chi connectivity index (χ2v) is 7.33. The molecule has 142 valence electrons. The zero-order valence-electron chi connectivity index (χ0n) is 16.5. The molecule has 2 aromatic carbocycles. The molecule has 2 rings (SSSR count). The fourth-order valence-corrected chi connectivity index (χ4v) is 2.51. The molecule has 0 spiro atoms. The molecule has 1 amide bonds. The molecular weight excluding hydrogens is 340 g/mol. The van der Waals surface area contributed by atoms with Crippen LogP contribution in [0.1, 0.15) is 48.7 Å². The van der Waals surface area contributed by atoms with Crippen molar-refractivity contribution >= 4 is 17.6 Å². The summed E-state index contributed by atoms with van der Waals surface area (Å²) in [5.74, 6) is -0.0600. The van der Waals surface area contributed by atoms with Crippen LogP contribution in [-0.4, -0.2) is 35.2 Å². The average Bonchev–Trinajstić information content (AvgIpc) is 2.60. The molecule has 0 unspecified atom stereocenters. The Morgan fingerprint density at radius 3 is 2.19 bits per heavy atom. The quantitative estimate of drug-likeness (QED) is 0.432. The van der Waals surface area contributed by atoms with Gasteiger partial charge in [0.1, 0.15) is 5.60 Å². The molecule has 0 fully saturated rings. The number of ketones is 1. The van der Waals surface area contributed by atoms with E-state index in [1.165, 1.54) is 7.05 Å². The van der Waals surface area contributed by atoms with Gasteiger partial charge in [0.15, 0.2) is 5.78 Å². The summed E-state index contributed by atoms with van der Waals surface area (Å²) in [6.45, 7) is 7.34. The van der Waals surface area contributed by atoms with E-state index >= 15 is 0 Å². The lowest BCUT2D eigenvalue weighted by atomic mass is 9.98. The summed E-state index contributed by atoms with van der Waals surface area (Å²) in [4.78, 5) is 25.0. The zero-order chi connectivity index (χ0) is 20.0. The van der Waals surface area contributed by atoms with Gasteiger partial charge >= 0.3 is 6.09 Å². The van der Waals surface area contributed by atoms with Gasteiger partial charge in [-0.05, 0) is 33.3 Å². The summed E-state index contributed by atoms with van der Waals surface area (Å²) in [5.41, 5.74) is 2.32. The van der Waals surface area contributed by atoms with E-state index in [2.05, 4.69) is 5.10 Å². The van der Waals surface area contributed by atoms with Gasteiger partial charge in [-0.1, -0.05) is 54.6 Å². The van der Waals surface area contributed by atoms with Gasteiger partial charge in [-0.15, -0.1) is 0 Å². The van der Waals surface area contributed by atoms with Gasteiger partial charge in [-0.25, -0.2) is 9.80 Å². The number of hydrogen-bond donors (Lipinski definition) is 0. The zero-order valence-corrected chi connectivity index (χ0v) is 16.5. The number of carbonyl (C=O) groups excluding carboxylic acids is 2. The van der Waals surface area contributed by atoms with Gasteiger partial charge in [0.05, 0.1) is 12.1 Å². The molecule has 0 bridgehead atoms. The van der Waals surface area contributed by atoms with Crippen molar-refractivity contribution in [3.8, 4) is 0 Å². The molecule has 0 aliphatic heterocycles. The van der Waals surface area contributed by atoms with Crippen molar-refractivity contribution in [2.45, 2.75) is 39.7 Å². The lowest BCUT2D eigenvalue weighted by molar-refractivity contribution is 0.0302. The maximum Gasteiger partial charge on any atom is 0.430 e. The molecular formula is C22H26N2O3. The van der Waals surface area contributed by atoms with Crippen molar-refractivity contribution in [2.24, 2.45) is 5.10 Å². The summed E-state index contributed by atoms with van der Waals surface area (Å²) < 4.78 is 5.35. The largest absolute Gasteiger partial charge is 0.442 e.